The number of ether oxygens (including phenoxy) is 2. The predicted octanol–water partition coefficient (Wildman–Crippen LogP) is 4.01. The fourth-order valence-corrected chi connectivity index (χ4v) is 5.20. The first-order chi connectivity index (χ1) is 16.4. The van der Waals surface area contributed by atoms with Gasteiger partial charge in [-0.25, -0.2) is 8.42 Å². The van der Waals surface area contributed by atoms with Crippen molar-refractivity contribution in [2.45, 2.75) is 18.4 Å². The molecule has 178 valence electrons. The van der Waals surface area contributed by atoms with Crippen LogP contribution in [-0.2, 0) is 21.4 Å². The zero-order chi connectivity index (χ0) is 24.1. The van der Waals surface area contributed by atoms with Gasteiger partial charge in [-0.2, -0.15) is 0 Å². The fourth-order valence-electron chi connectivity index (χ4n) is 3.54. The number of anilines is 2. The van der Waals surface area contributed by atoms with Crippen LogP contribution in [0.5, 0.6) is 11.5 Å². The number of rotatable bonds is 9. The Morgan fingerprint density at radius 3 is 2.56 bits per heavy atom. The van der Waals surface area contributed by atoms with Crippen LogP contribution < -0.4 is 24.4 Å². The predicted molar refractivity (Wildman–Crippen MR) is 131 cm³/mol. The molecule has 2 N–H and O–H groups in total. The lowest BCUT2D eigenvalue weighted by Gasteiger charge is -2.23. The highest BCUT2D eigenvalue weighted by Gasteiger charge is 2.24. The third-order valence-corrected chi connectivity index (χ3v) is 7.41. The van der Waals surface area contributed by atoms with Crippen molar-refractivity contribution in [1.29, 1.82) is 0 Å². The number of hydrogen-bond acceptors (Lipinski definition) is 6. The van der Waals surface area contributed by atoms with Crippen molar-refractivity contribution in [2.24, 2.45) is 0 Å². The van der Waals surface area contributed by atoms with Gasteiger partial charge >= 0.3 is 0 Å². The molecule has 0 saturated carbocycles. The number of hydrogen-bond donors (Lipinski definition) is 2. The number of benzene rings is 3. The van der Waals surface area contributed by atoms with E-state index in [0.717, 1.165) is 5.56 Å². The average Bonchev–Trinajstić information content (AvgIpc) is 3.29. The summed E-state index contributed by atoms with van der Waals surface area (Å²) in [5.41, 5.74) is 1.71. The van der Waals surface area contributed by atoms with Crippen LogP contribution in [0.1, 0.15) is 12.5 Å². The number of halogens is 1. The maximum absolute atomic E-state index is 13.3. The molecule has 0 unspecified atom stereocenters. The summed E-state index contributed by atoms with van der Waals surface area (Å²) in [5, 5.41) is 5.98. The standard InChI is InChI=1S/C24H24ClN3O5S/c1-2-28(18-6-4-3-5-7-18)34(30,31)19-9-10-20(25)21(13-19)27-24(29)15-26-14-17-8-11-22-23(12-17)33-16-32-22/h3-13,26H,2,14-16H2,1H3,(H,27,29). The molecule has 1 heterocycles. The molecule has 0 spiro atoms. The lowest BCUT2D eigenvalue weighted by molar-refractivity contribution is -0.115. The molecule has 1 aliphatic rings. The molecule has 0 radical (unpaired) electrons. The molecular weight excluding hydrogens is 478 g/mol. The Kier molecular flexibility index (Phi) is 7.26. The zero-order valence-corrected chi connectivity index (χ0v) is 20.0. The molecule has 34 heavy (non-hydrogen) atoms. The van der Waals surface area contributed by atoms with E-state index in [2.05, 4.69) is 10.6 Å². The molecule has 1 aliphatic heterocycles. The van der Waals surface area contributed by atoms with Gasteiger partial charge in [0.05, 0.1) is 27.8 Å². The summed E-state index contributed by atoms with van der Waals surface area (Å²) in [5.74, 6) is 1.01. The number of nitrogens with one attached hydrogen (secondary N) is 2. The summed E-state index contributed by atoms with van der Waals surface area (Å²) in [6.07, 6.45) is 0. The first kappa shape index (κ1) is 23.9. The molecule has 0 atom stereocenters. The highest BCUT2D eigenvalue weighted by atomic mass is 35.5. The summed E-state index contributed by atoms with van der Waals surface area (Å²) in [6, 6.07) is 18.6. The van der Waals surface area contributed by atoms with E-state index < -0.39 is 10.0 Å². The molecule has 0 saturated heterocycles. The number of carbonyl (C=O) groups is 1. The molecule has 0 fully saturated rings. The monoisotopic (exact) mass is 501 g/mol. The Bertz CT molecular complexity index is 1290. The van der Waals surface area contributed by atoms with Crippen LogP contribution in [0.2, 0.25) is 5.02 Å². The van der Waals surface area contributed by atoms with Gasteiger partial charge < -0.3 is 20.1 Å². The Morgan fingerprint density at radius 1 is 1.03 bits per heavy atom. The Labute approximate surface area is 203 Å². The lowest BCUT2D eigenvalue weighted by atomic mass is 10.2. The van der Waals surface area contributed by atoms with Crippen molar-refractivity contribution in [3.05, 3.63) is 77.3 Å². The van der Waals surface area contributed by atoms with Crippen LogP contribution in [0.4, 0.5) is 11.4 Å². The van der Waals surface area contributed by atoms with Crippen molar-refractivity contribution in [2.75, 3.05) is 29.5 Å². The van der Waals surface area contributed by atoms with Gasteiger partial charge in [0.15, 0.2) is 11.5 Å². The van der Waals surface area contributed by atoms with Gasteiger partial charge in [0.2, 0.25) is 12.7 Å². The van der Waals surface area contributed by atoms with Crippen molar-refractivity contribution in [3.63, 3.8) is 0 Å². The zero-order valence-electron chi connectivity index (χ0n) is 18.5. The summed E-state index contributed by atoms with van der Waals surface area (Å²) in [6.45, 7) is 2.66. The van der Waals surface area contributed by atoms with E-state index in [1.807, 2.05) is 24.3 Å². The van der Waals surface area contributed by atoms with Gasteiger partial charge in [-0.3, -0.25) is 9.10 Å². The quantitative estimate of drug-likeness (QED) is 0.460. The summed E-state index contributed by atoms with van der Waals surface area (Å²) < 4.78 is 38.5. The van der Waals surface area contributed by atoms with E-state index in [4.69, 9.17) is 21.1 Å². The summed E-state index contributed by atoms with van der Waals surface area (Å²) >= 11 is 6.24. The minimum atomic E-state index is -3.85. The second-order valence-electron chi connectivity index (χ2n) is 7.49. The molecule has 3 aromatic carbocycles. The fraction of sp³-hybridized carbons (Fsp3) is 0.208. The maximum atomic E-state index is 13.3. The molecule has 3 aromatic rings. The number of carbonyl (C=O) groups excluding carboxylic acids is 1. The van der Waals surface area contributed by atoms with Crippen molar-refractivity contribution < 1.29 is 22.7 Å². The Balaban J connectivity index is 1.42. The van der Waals surface area contributed by atoms with E-state index >= 15 is 0 Å². The molecular formula is C24H24ClN3O5S. The van der Waals surface area contributed by atoms with Gasteiger partial charge in [0, 0.05) is 13.1 Å². The topological polar surface area (TPSA) is 97.0 Å². The van der Waals surface area contributed by atoms with Crippen LogP contribution in [0, 0.1) is 0 Å². The second kappa shape index (κ2) is 10.3. The van der Waals surface area contributed by atoms with Crippen LogP contribution >= 0.6 is 11.6 Å². The SMILES string of the molecule is CCN(c1ccccc1)S(=O)(=O)c1ccc(Cl)c(NC(=O)CNCc2ccc3c(c2)OCO3)c1. The average molecular weight is 502 g/mol. The Hall–Kier alpha value is -3.27. The van der Waals surface area contributed by atoms with Gasteiger partial charge in [0.25, 0.3) is 10.0 Å². The maximum Gasteiger partial charge on any atom is 0.264 e. The molecule has 10 heteroatoms. The Morgan fingerprint density at radius 2 is 1.79 bits per heavy atom. The normalized spacial score (nSPS) is 12.4. The molecule has 0 aliphatic carbocycles. The second-order valence-corrected chi connectivity index (χ2v) is 9.76. The summed E-state index contributed by atoms with van der Waals surface area (Å²) in [4.78, 5) is 12.5. The van der Waals surface area contributed by atoms with Crippen LogP contribution in [0.25, 0.3) is 0 Å². The highest BCUT2D eigenvalue weighted by molar-refractivity contribution is 7.92. The number of sulfonamides is 1. The van der Waals surface area contributed by atoms with Gasteiger partial charge in [-0.1, -0.05) is 35.9 Å². The number of para-hydroxylation sites is 1. The molecule has 8 nitrogen and oxygen atoms in total. The first-order valence-electron chi connectivity index (χ1n) is 10.6. The first-order valence-corrected chi connectivity index (χ1v) is 12.5. The van der Waals surface area contributed by atoms with E-state index in [-0.39, 0.29) is 41.4 Å². The van der Waals surface area contributed by atoms with E-state index in [9.17, 15) is 13.2 Å². The third kappa shape index (κ3) is 5.27. The van der Waals surface area contributed by atoms with Gasteiger partial charge in [0.1, 0.15) is 0 Å². The number of amides is 1. The molecule has 0 bridgehead atoms. The molecule has 0 aromatic heterocycles. The minimum Gasteiger partial charge on any atom is -0.454 e. The third-order valence-electron chi connectivity index (χ3n) is 5.18. The smallest absolute Gasteiger partial charge is 0.264 e. The van der Waals surface area contributed by atoms with Crippen molar-refractivity contribution >= 4 is 38.9 Å². The van der Waals surface area contributed by atoms with Crippen molar-refractivity contribution in [1.82, 2.24) is 5.32 Å². The summed E-state index contributed by atoms with van der Waals surface area (Å²) in [7, 11) is -3.85. The lowest BCUT2D eigenvalue weighted by Crippen LogP contribution is -2.31. The van der Waals surface area contributed by atoms with Crippen LogP contribution in [-0.4, -0.2) is 34.2 Å². The van der Waals surface area contributed by atoms with E-state index in [1.54, 1.807) is 31.2 Å². The number of fused-ring (bicyclic) bond motifs is 1. The minimum absolute atomic E-state index is 0.00679. The van der Waals surface area contributed by atoms with E-state index in [0.29, 0.717) is 23.7 Å². The number of nitrogens with zero attached hydrogens (tertiary/aromatic N) is 1. The van der Waals surface area contributed by atoms with Crippen LogP contribution in [0.15, 0.2) is 71.6 Å². The van der Waals surface area contributed by atoms with Gasteiger partial charge in [-0.15, -0.1) is 0 Å². The molecule has 1 amide bonds. The molecule has 4 rings (SSSR count). The highest BCUT2D eigenvalue weighted by Crippen LogP contribution is 2.32. The van der Waals surface area contributed by atoms with E-state index in [1.165, 1.54) is 22.5 Å². The van der Waals surface area contributed by atoms with Crippen LogP contribution in [0.3, 0.4) is 0 Å². The largest absolute Gasteiger partial charge is 0.454 e. The van der Waals surface area contributed by atoms with Crippen molar-refractivity contribution in [3.8, 4) is 11.5 Å². The van der Waals surface area contributed by atoms with Gasteiger partial charge in [-0.05, 0) is 55.0 Å².